The third-order valence-electron chi connectivity index (χ3n) is 6.14. The Hall–Kier alpha value is -2.66. The molecule has 12 heteroatoms. The van der Waals surface area contributed by atoms with E-state index in [1.807, 2.05) is 0 Å². The monoisotopic (exact) mass is 588 g/mol. The van der Waals surface area contributed by atoms with Crippen molar-refractivity contribution in [1.82, 2.24) is 4.90 Å². The van der Waals surface area contributed by atoms with Crippen molar-refractivity contribution in [3.8, 4) is 11.5 Å². The van der Waals surface area contributed by atoms with Crippen molar-refractivity contribution in [2.45, 2.75) is 30.5 Å². The summed E-state index contributed by atoms with van der Waals surface area (Å²) in [6, 6.07) is 13.2. The molecule has 0 aromatic heterocycles. The van der Waals surface area contributed by atoms with Crippen molar-refractivity contribution in [1.29, 1.82) is 0 Å². The van der Waals surface area contributed by atoms with Crippen molar-refractivity contribution < 1.29 is 31.4 Å². The van der Waals surface area contributed by atoms with Crippen molar-refractivity contribution in [2.24, 2.45) is 0 Å². The van der Waals surface area contributed by atoms with Crippen LogP contribution in [0.5, 0.6) is 11.5 Å². The molecule has 204 valence electrons. The van der Waals surface area contributed by atoms with Gasteiger partial charge in [-0.1, -0.05) is 35.3 Å². The first-order valence-electron chi connectivity index (χ1n) is 11.8. The summed E-state index contributed by atoms with van der Waals surface area (Å²) in [6.45, 7) is 3.15. The summed E-state index contributed by atoms with van der Waals surface area (Å²) in [6.07, 6.45) is -2.41. The number of hydrogen-bond acceptors (Lipinski definition) is 5. The maximum absolute atomic E-state index is 13.8. The highest BCUT2D eigenvalue weighted by atomic mass is 35.5. The van der Waals surface area contributed by atoms with Crippen molar-refractivity contribution >= 4 is 38.9 Å². The Morgan fingerprint density at radius 3 is 2.08 bits per heavy atom. The van der Waals surface area contributed by atoms with Gasteiger partial charge < -0.3 is 9.84 Å². The fraction of sp³-hybridized carbons (Fsp3) is 0.308. The number of rotatable bonds is 9. The molecule has 0 aliphatic carbocycles. The van der Waals surface area contributed by atoms with Gasteiger partial charge in [0.2, 0.25) is 0 Å². The van der Waals surface area contributed by atoms with Gasteiger partial charge in [0.05, 0.1) is 27.8 Å². The van der Waals surface area contributed by atoms with E-state index < -0.39 is 36.7 Å². The lowest BCUT2D eigenvalue weighted by molar-refractivity contribution is -0.137. The van der Waals surface area contributed by atoms with Crippen molar-refractivity contribution in [3.05, 3.63) is 81.8 Å². The minimum atomic E-state index is -4.76. The molecular weight excluding hydrogens is 564 g/mol. The van der Waals surface area contributed by atoms with Crippen molar-refractivity contribution in [2.75, 3.05) is 30.5 Å². The largest absolute Gasteiger partial charge is 0.508 e. The van der Waals surface area contributed by atoms with Crippen LogP contribution in [0.2, 0.25) is 10.0 Å². The van der Waals surface area contributed by atoms with Crippen LogP contribution >= 0.6 is 23.2 Å². The number of alkyl halides is 3. The summed E-state index contributed by atoms with van der Waals surface area (Å²) < 4.78 is 74.1. The topological polar surface area (TPSA) is 70.1 Å². The second-order valence-corrected chi connectivity index (χ2v) is 11.4. The molecule has 3 aromatic rings. The molecule has 1 saturated heterocycles. The van der Waals surface area contributed by atoms with E-state index in [9.17, 15) is 26.7 Å². The Labute approximate surface area is 229 Å². The van der Waals surface area contributed by atoms with E-state index >= 15 is 0 Å². The summed E-state index contributed by atoms with van der Waals surface area (Å²) in [5, 5.41) is 8.30. The van der Waals surface area contributed by atoms with Crippen molar-refractivity contribution in [3.63, 3.8) is 0 Å². The number of anilines is 1. The van der Waals surface area contributed by atoms with Crippen LogP contribution in [0.4, 0.5) is 18.9 Å². The van der Waals surface area contributed by atoms with Crippen LogP contribution in [0, 0.1) is 0 Å². The molecule has 1 heterocycles. The molecule has 0 amide bonds. The van der Waals surface area contributed by atoms with Gasteiger partial charge in [-0.25, -0.2) is 8.42 Å². The third kappa shape index (κ3) is 6.66. The number of nitrogens with zero attached hydrogens (tertiary/aromatic N) is 2. The molecule has 0 unspecified atom stereocenters. The summed E-state index contributed by atoms with van der Waals surface area (Å²) in [5.74, 6) is 0.535. The van der Waals surface area contributed by atoms with Crippen LogP contribution in [0.15, 0.2) is 65.6 Å². The Morgan fingerprint density at radius 2 is 1.53 bits per heavy atom. The molecule has 0 bridgehead atoms. The molecule has 1 aliphatic rings. The lowest BCUT2D eigenvalue weighted by atomic mass is 10.2. The first kappa shape index (κ1) is 28.4. The first-order chi connectivity index (χ1) is 17.9. The second kappa shape index (κ2) is 11.6. The van der Waals surface area contributed by atoms with Crippen LogP contribution < -0.4 is 9.04 Å². The summed E-state index contributed by atoms with van der Waals surface area (Å²) in [4.78, 5) is 1.66. The Balaban J connectivity index is 1.65. The maximum Gasteiger partial charge on any atom is 0.416 e. The number of aromatic hydroxyl groups is 1. The lowest BCUT2D eigenvalue weighted by Crippen LogP contribution is -2.31. The summed E-state index contributed by atoms with van der Waals surface area (Å²) in [5.41, 5.74) is -0.430. The van der Waals surface area contributed by atoms with Crippen LogP contribution in [0.25, 0.3) is 0 Å². The number of ether oxygens (including phenoxy) is 1. The first-order valence-corrected chi connectivity index (χ1v) is 14.0. The van der Waals surface area contributed by atoms with Gasteiger partial charge in [0.1, 0.15) is 23.0 Å². The molecule has 38 heavy (non-hydrogen) atoms. The van der Waals surface area contributed by atoms with Gasteiger partial charge in [-0.15, -0.1) is 0 Å². The number of hydrogen-bond donors (Lipinski definition) is 1. The maximum atomic E-state index is 13.8. The normalized spacial score (nSPS) is 14.6. The molecular formula is C26H25Cl2F3N2O4S. The van der Waals surface area contributed by atoms with Crippen LogP contribution in [-0.4, -0.2) is 44.7 Å². The fourth-order valence-corrected chi connectivity index (χ4v) is 6.79. The van der Waals surface area contributed by atoms with E-state index in [0.717, 1.165) is 23.9 Å². The van der Waals surface area contributed by atoms with Crippen LogP contribution in [-0.2, 0) is 22.7 Å². The quantitative estimate of drug-likeness (QED) is 0.305. The van der Waals surface area contributed by atoms with Gasteiger partial charge in [0.15, 0.2) is 0 Å². The van der Waals surface area contributed by atoms with Gasteiger partial charge in [-0.05, 0) is 80.0 Å². The molecule has 0 spiro atoms. The van der Waals surface area contributed by atoms with E-state index in [4.69, 9.17) is 27.9 Å². The predicted molar refractivity (Wildman–Crippen MR) is 141 cm³/mol. The van der Waals surface area contributed by atoms with E-state index in [1.165, 1.54) is 49.2 Å². The number of halogens is 5. The number of phenols is 1. The molecule has 3 aromatic carbocycles. The number of sulfonamides is 1. The average Bonchev–Trinajstić information content (AvgIpc) is 3.36. The van der Waals surface area contributed by atoms with E-state index in [2.05, 4.69) is 4.90 Å². The molecule has 1 aliphatic heterocycles. The molecule has 0 radical (unpaired) electrons. The third-order valence-corrected chi connectivity index (χ3v) is 8.83. The van der Waals surface area contributed by atoms with E-state index in [-0.39, 0.29) is 18.0 Å². The average molecular weight is 589 g/mol. The number of phenolic OH excluding ortho intramolecular Hbond substituents is 1. The lowest BCUT2D eigenvalue weighted by Gasteiger charge is -2.26. The standard InChI is InChI=1S/C26H25Cl2F3N2O4S/c27-23-15-19(26(29,30)31)16-24(28)25(23)38(35,36)33(17-18-3-7-21(34)8-4-18)20-5-9-22(10-6-20)37-14-13-32-11-1-2-12-32/h3-10,15-16,34H,1-2,11-14,17H2. The molecule has 0 saturated carbocycles. The van der Waals surface area contributed by atoms with E-state index in [0.29, 0.717) is 30.1 Å². The van der Waals surface area contributed by atoms with Gasteiger partial charge >= 0.3 is 6.18 Å². The Bertz CT molecular complexity index is 1340. The van der Waals surface area contributed by atoms with Gasteiger partial charge in [-0.3, -0.25) is 9.21 Å². The molecule has 1 N–H and O–H groups in total. The SMILES string of the molecule is O=S(=O)(c1c(Cl)cc(C(F)(F)F)cc1Cl)N(Cc1ccc(O)cc1)c1ccc(OCCN2CCCC2)cc1. The zero-order valence-electron chi connectivity index (χ0n) is 20.1. The predicted octanol–water partition coefficient (Wildman–Crippen LogP) is 6.59. The minimum absolute atomic E-state index is 0.00702. The number of benzene rings is 3. The van der Waals surface area contributed by atoms with Crippen LogP contribution in [0.3, 0.4) is 0 Å². The molecule has 1 fully saturated rings. The Kier molecular flexibility index (Phi) is 8.66. The zero-order chi connectivity index (χ0) is 27.5. The molecule has 4 rings (SSSR count). The molecule has 6 nitrogen and oxygen atoms in total. The summed E-state index contributed by atoms with van der Waals surface area (Å²) >= 11 is 12.1. The summed E-state index contributed by atoms with van der Waals surface area (Å²) in [7, 11) is -4.53. The highest BCUT2D eigenvalue weighted by Crippen LogP contribution is 2.40. The Morgan fingerprint density at radius 1 is 0.947 bits per heavy atom. The van der Waals surface area contributed by atoms with Gasteiger partial charge in [0, 0.05) is 6.54 Å². The number of likely N-dealkylation sites (tertiary alicyclic amines) is 1. The van der Waals surface area contributed by atoms with E-state index in [1.54, 1.807) is 12.1 Å². The smallest absolute Gasteiger partial charge is 0.416 e. The van der Waals surface area contributed by atoms with Crippen LogP contribution in [0.1, 0.15) is 24.0 Å². The zero-order valence-corrected chi connectivity index (χ0v) is 22.4. The minimum Gasteiger partial charge on any atom is -0.508 e. The fourth-order valence-electron chi connectivity index (χ4n) is 4.17. The highest BCUT2D eigenvalue weighted by molar-refractivity contribution is 7.93. The van der Waals surface area contributed by atoms with Gasteiger partial charge in [0.25, 0.3) is 10.0 Å². The second-order valence-electron chi connectivity index (χ2n) is 8.84. The molecule has 0 atom stereocenters. The van der Waals surface area contributed by atoms with Gasteiger partial charge in [-0.2, -0.15) is 13.2 Å². The highest BCUT2D eigenvalue weighted by Gasteiger charge is 2.36.